The van der Waals surface area contributed by atoms with E-state index in [9.17, 15) is 4.79 Å². The van der Waals surface area contributed by atoms with Gasteiger partial charge in [-0.25, -0.2) is 4.68 Å². The highest BCUT2D eigenvalue weighted by Crippen LogP contribution is 2.34. The molecule has 0 aliphatic rings. The monoisotopic (exact) mass is 356 g/mol. The summed E-state index contributed by atoms with van der Waals surface area (Å²) in [6.07, 6.45) is 0. The second-order valence-corrected chi connectivity index (χ2v) is 6.02. The minimum atomic E-state index is -0.255. The molecule has 0 fully saturated rings. The van der Waals surface area contributed by atoms with Crippen molar-refractivity contribution in [1.82, 2.24) is 9.78 Å². The summed E-state index contributed by atoms with van der Waals surface area (Å²) in [5.74, 6) is 0.0882. The van der Waals surface area contributed by atoms with E-state index in [-0.39, 0.29) is 12.6 Å². The van der Waals surface area contributed by atoms with Crippen LogP contribution in [0.1, 0.15) is 32.7 Å². The van der Waals surface area contributed by atoms with E-state index >= 15 is 0 Å². The standard InChI is InChI=1S/C16H18Cl2N2O3/c1-8-6-11(14(18)9(2)13(8)17)15(21)12-10(3)19-20(4)16(12)23-7-22-5/h6H,7H2,1-5H3. The Hall–Kier alpha value is -1.56. The predicted octanol–water partition coefficient (Wildman–Crippen LogP) is 3.87. The van der Waals surface area contributed by atoms with Crippen molar-refractivity contribution in [1.29, 1.82) is 0 Å². The van der Waals surface area contributed by atoms with E-state index in [2.05, 4.69) is 5.10 Å². The summed E-state index contributed by atoms with van der Waals surface area (Å²) < 4.78 is 11.9. The van der Waals surface area contributed by atoms with Crippen LogP contribution in [0.4, 0.5) is 0 Å². The van der Waals surface area contributed by atoms with Crippen molar-refractivity contribution in [2.45, 2.75) is 20.8 Å². The van der Waals surface area contributed by atoms with Crippen molar-refractivity contribution in [3.8, 4) is 5.88 Å². The number of halogens is 2. The molecule has 1 heterocycles. The van der Waals surface area contributed by atoms with Gasteiger partial charge in [0.1, 0.15) is 5.56 Å². The minimum absolute atomic E-state index is 0.0195. The molecular formula is C16H18Cl2N2O3. The molecule has 1 aromatic carbocycles. The molecule has 0 N–H and O–H groups in total. The molecule has 2 rings (SSSR count). The lowest BCUT2D eigenvalue weighted by Crippen LogP contribution is -2.10. The number of ether oxygens (including phenoxy) is 2. The molecule has 0 bridgehead atoms. The van der Waals surface area contributed by atoms with Gasteiger partial charge in [-0.3, -0.25) is 4.79 Å². The molecule has 5 nitrogen and oxygen atoms in total. The lowest BCUT2D eigenvalue weighted by molar-refractivity contribution is 0.0441. The Kier molecular flexibility index (Phi) is 5.34. The average molecular weight is 357 g/mol. The van der Waals surface area contributed by atoms with Crippen molar-refractivity contribution >= 4 is 29.0 Å². The van der Waals surface area contributed by atoms with Crippen LogP contribution in [0, 0.1) is 20.8 Å². The van der Waals surface area contributed by atoms with Gasteiger partial charge in [-0.2, -0.15) is 5.10 Å². The van der Waals surface area contributed by atoms with Gasteiger partial charge in [-0.1, -0.05) is 23.2 Å². The molecule has 124 valence electrons. The van der Waals surface area contributed by atoms with Crippen molar-refractivity contribution in [2.24, 2.45) is 7.05 Å². The van der Waals surface area contributed by atoms with Crippen LogP contribution in [0.15, 0.2) is 6.07 Å². The number of hydrogen-bond donors (Lipinski definition) is 0. The first kappa shape index (κ1) is 17.8. The molecule has 0 atom stereocenters. The number of carbonyl (C=O) groups excluding carboxylic acids is 1. The summed E-state index contributed by atoms with van der Waals surface area (Å²) in [6.45, 7) is 5.38. The smallest absolute Gasteiger partial charge is 0.225 e. The lowest BCUT2D eigenvalue weighted by atomic mass is 9.99. The number of benzene rings is 1. The predicted molar refractivity (Wildman–Crippen MR) is 89.8 cm³/mol. The zero-order chi connectivity index (χ0) is 17.3. The molecule has 0 unspecified atom stereocenters. The summed E-state index contributed by atoms with van der Waals surface area (Å²) in [6, 6.07) is 1.69. The molecule has 0 saturated heterocycles. The fraction of sp³-hybridized carbons (Fsp3) is 0.375. The fourth-order valence-corrected chi connectivity index (χ4v) is 2.85. The third kappa shape index (κ3) is 3.22. The van der Waals surface area contributed by atoms with E-state index in [0.717, 1.165) is 5.56 Å². The lowest BCUT2D eigenvalue weighted by Gasteiger charge is -2.12. The second kappa shape index (κ2) is 6.91. The molecule has 1 aromatic heterocycles. The van der Waals surface area contributed by atoms with Gasteiger partial charge in [0.25, 0.3) is 0 Å². The number of aromatic nitrogens is 2. The maximum absolute atomic E-state index is 13.0. The first-order chi connectivity index (χ1) is 10.8. The zero-order valence-corrected chi connectivity index (χ0v) is 15.2. The van der Waals surface area contributed by atoms with E-state index < -0.39 is 0 Å². The van der Waals surface area contributed by atoms with Crippen LogP contribution in [0.2, 0.25) is 10.0 Å². The summed E-state index contributed by atoms with van der Waals surface area (Å²) in [4.78, 5) is 13.0. The van der Waals surface area contributed by atoms with E-state index in [1.165, 1.54) is 11.8 Å². The van der Waals surface area contributed by atoms with Gasteiger partial charge >= 0.3 is 0 Å². The van der Waals surface area contributed by atoms with E-state index in [4.69, 9.17) is 32.7 Å². The Bertz CT molecular complexity index is 769. The number of ketones is 1. The molecule has 0 saturated carbocycles. The van der Waals surface area contributed by atoms with Crippen LogP contribution >= 0.6 is 23.2 Å². The SMILES string of the molecule is COCOc1c(C(=O)c2cc(C)c(Cl)c(C)c2Cl)c(C)nn1C. The maximum Gasteiger partial charge on any atom is 0.225 e. The van der Waals surface area contributed by atoms with E-state index in [1.807, 2.05) is 6.92 Å². The fourth-order valence-electron chi connectivity index (χ4n) is 2.42. The molecule has 0 spiro atoms. The largest absolute Gasteiger partial charge is 0.450 e. The number of rotatable bonds is 5. The number of aryl methyl sites for hydroxylation is 3. The molecule has 0 amide bonds. The van der Waals surface area contributed by atoms with Crippen molar-refractivity contribution < 1.29 is 14.3 Å². The van der Waals surface area contributed by atoms with E-state index in [0.29, 0.717) is 38.3 Å². The van der Waals surface area contributed by atoms with Gasteiger partial charge in [0.2, 0.25) is 11.7 Å². The Morgan fingerprint density at radius 1 is 1.26 bits per heavy atom. The number of nitrogens with zero attached hydrogens (tertiary/aromatic N) is 2. The van der Waals surface area contributed by atoms with Gasteiger partial charge in [-0.05, 0) is 38.0 Å². The topological polar surface area (TPSA) is 53.4 Å². The van der Waals surface area contributed by atoms with Gasteiger partial charge in [-0.15, -0.1) is 0 Å². The van der Waals surface area contributed by atoms with Crippen LogP contribution in [0.3, 0.4) is 0 Å². The quantitative estimate of drug-likeness (QED) is 0.602. The second-order valence-electron chi connectivity index (χ2n) is 5.26. The van der Waals surface area contributed by atoms with Gasteiger partial charge < -0.3 is 9.47 Å². The van der Waals surface area contributed by atoms with Gasteiger partial charge in [0.05, 0.1) is 10.7 Å². The first-order valence-electron chi connectivity index (χ1n) is 6.94. The van der Waals surface area contributed by atoms with Crippen LogP contribution in [0.5, 0.6) is 5.88 Å². The van der Waals surface area contributed by atoms with E-state index in [1.54, 1.807) is 27.0 Å². The van der Waals surface area contributed by atoms with Gasteiger partial charge in [0.15, 0.2) is 6.79 Å². The molecule has 0 aliphatic carbocycles. The number of carbonyl (C=O) groups is 1. The molecule has 0 aliphatic heterocycles. The van der Waals surface area contributed by atoms with Crippen LogP contribution < -0.4 is 4.74 Å². The Balaban J connectivity index is 2.58. The zero-order valence-electron chi connectivity index (χ0n) is 13.7. The highest BCUT2D eigenvalue weighted by Gasteiger charge is 2.26. The van der Waals surface area contributed by atoms with Crippen LogP contribution in [-0.2, 0) is 11.8 Å². The molecule has 23 heavy (non-hydrogen) atoms. The molecule has 7 heteroatoms. The Morgan fingerprint density at radius 2 is 1.91 bits per heavy atom. The van der Waals surface area contributed by atoms with Crippen molar-refractivity contribution in [3.63, 3.8) is 0 Å². The third-order valence-corrected chi connectivity index (χ3v) is 4.63. The minimum Gasteiger partial charge on any atom is -0.450 e. The number of methoxy groups -OCH3 is 1. The van der Waals surface area contributed by atoms with Crippen molar-refractivity contribution in [2.75, 3.05) is 13.9 Å². The Morgan fingerprint density at radius 3 is 2.52 bits per heavy atom. The summed E-state index contributed by atoms with van der Waals surface area (Å²) in [5, 5.41) is 5.15. The van der Waals surface area contributed by atoms with Gasteiger partial charge in [0, 0.05) is 24.7 Å². The first-order valence-corrected chi connectivity index (χ1v) is 7.70. The number of hydrogen-bond acceptors (Lipinski definition) is 4. The highest BCUT2D eigenvalue weighted by molar-refractivity contribution is 6.39. The highest BCUT2D eigenvalue weighted by atomic mass is 35.5. The van der Waals surface area contributed by atoms with Crippen LogP contribution in [0.25, 0.3) is 0 Å². The average Bonchev–Trinajstić information content (AvgIpc) is 2.79. The third-order valence-electron chi connectivity index (χ3n) is 3.56. The normalized spacial score (nSPS) is 10.9. The molecular weight excluding hydrogens is 339 g/mol. The molecule has 0 radical (unpaired) electrons. The Labute approximate surface area is 145 Å². The maximum atomic E-state index is 13.0. The summed E-state index contributed by atoms with van der Waals surface area (Å²) in [5.41, 5.74) is 2.78. The van der Waals surface area contributed by atoms with Crippen LogP contribution in [-0.4, -0.2) is 29.5 Å². The summed E-state index contributed by atoms with van der Waals surface area (Å²) in [7, 11) is 3.21. The van der Waals surface area contributed by atoms with Crippen molar-refractivity contribution in [3.05, 3.63) is 44.1 Å². The summed E-state index contributed by atoms with van der Waals surface area (Å²) >= 11 is 12.5. The molecule has 2 aromatic rings.